The molecule has 0 saturated heterocycles. The number of hydrogen-bond donors (Lipinski definition) is 0. The van der Waals surface area contributed by atoms with Crippen LogP contribution in [0.15, 0.2) is 42.7 Å². The number of hydrogen-bond acceptors (Lipinski definition) is 1. The van der Waals surface area contributed by atoms with Gasteiger partial charge in [0.15, 0.2) is 6.29 Å². The number of aromatic nitrogens is 1. The van der Waals surface area contributed by atoms with Crippen LogP contribution in [0.1, 0.15) is 21.5 Å². The van der Waals surface area contributed by atoms with Gasteiger partial charge >= 0.3 is 0 Å². The molecule has 2 nitrogen and oxygen atoms in total. The number of nitrogens with zero attached hydrogens (tertiary/aromatic N) is 1. The summed E-state index contributed by atoms with van der Waals surface area (Å²) in [6.07, 6.45) is 4.64. The van der Waals surface area contributed by atoms with Crippen LogP contribution in [0.3, 0.4) is 0 Å². The second kappa shape index (κ2) is 4.13. The molecule has 0 saturated carbocycles. The highest BCUT2D eigenvalue weighted by atomic mass is 16.1. The molecule has 0 fully saturated rings. The average molecular weight is 199 g/mol. The standard InChI is InChI=1S/C13H13NO/c1-11-2-4-12(5-3-11)8-14-7-6-13(9-14)10-15/h2-7,9-10H,8H2,1H3. The Morgan fingerprint density at radius 2 is 1.93 bits per heavy atom. The van der Waals surface area contributed by atoms with Crippen molar-refractivity contribution in [1.29, 1.82) is 0 Å². The lowest BCUT2D eigenvalue weighted by Gasteiger charge is -2.03. The van der Waals surface area contributed by atoms with E-state index in [0.717, 1.165) is 18.4 Å². The third-order valence-corrected chi connectivity index (χ3v) is 2.40. The summed E-state index contributed by atoms with van der Waals surface area (Å²) in [7, 11) is 0. The van der Waals surface area contributed by atoms with E-state index in [2.05, 4.69) is 31.2 Å². The zero-order valence-electron chi connectivity index (χ0n) is 8.68. The topological polar surface area (TPSA) is 22.0 Å². The molecule has 0 radical (unpaired) electrons. The molecule has 0 unspecified atom stereocenters. The van der Waals surface area contributed by atoms with Gasteiger partial charge in [-0.1, -0.05) is 29.8 Å². The summed E-state index contributed by atoms with van der Waals surface area (Å²) in [5, 5.41) is 0. The lowest BCUT2D eigenvalue weighted by Crippen LogP contribution is -1.95. The van der Waals surface area contributed by atoms with E-state index >= 15 is 0 Å². The smallest absolute Gasteiger partial charge is 0.151 e. The number of rotatable bonds is 3. The van der Waals surface area contributed by atoms with E-state index in [-0.39, 0.29) is 0 Å². The maximum atomic E-state index is 10.5. The summed E-state index contributed by atoms with van der Waals surface area (Å²) in [5.74, 6) is 0. The molecule has 0 bridgehead atoms. The van der Waals surface area contributed by atoms with E-state index in [1.165, 1.54) is 11.1 Å². The summed E-state index contributed by atoms with van der Waals surface area (Å²) in [6, 6.07) is 10.2. The van der Waals surface area contributed by atoms with Gasteiger partial charge in [0.2, 0.25) is 0 Å². The van der Waals surface area contributed by atoms with Crippen molar-refractivity contribution in [1.82, 2.24) is 4.57 Å². The van der Waals surface area contributed by atoms with Gasteiger partial charge in [-0.05, 0) is 18.6 Å². The Labute approximate surface area is 89.2 Å². The summed E-state index contributed by atoms with van der Waals surface area (Å²) in [6.45, 7) is 2.89. The molecule has 2 rings (SSSR count). The first-order valence-corrected chi connectivity index (χ1v) is 4.94. The van der Waals surface area contributed by atoms with Crippen LogP contribution in [0.2, 0.25) is 0 Å². The molecule has 0 amide bonds. The minimum atomic E-state index is 0.724. The summed E-state index contributed by atoms with van der Waals surface area (Å²) in [5.41, 5.74) is 3.23. The zero-order valence-corrected chi connectivity index (χ0v) is 8.68. The largest absolute Gasteiger partial charge is 0.349 e. The molecular formula is C13H13NO. The second-order valence-electron chi connectivity index (χ2n) is 3.72. The van der Waals surface area contributed by atoms with Crippen LogP contribution >= 0.6 is 0 Å². The van der Waals surface area contributed by atoms with E-state index < -0.39 is 0 Å². The van der Waals surface area contributed by atoms with E-state index in [0.29, 0.717) is 0 Å². The van der Waals surface area contributed by atoms with Gasteiger partial charge in [0, 0.05) is 24.5 Å². The normalized spacial score (nSPS) is 10.2. The van der Waals surface area contributed by atoms with Crippen molar-refractivity contribution in [3.63, 3.8) is 0 Å². The van der Waals surface area contributed by atoms with Crippen LogP contribution in [0.4, 0.5) is 0 Å². The van der Waals surface area contributed by atoms with E-state index in [4.69, 9.17) is 0 Å². The minimum absolute atomic E-state index is 0.724. The highest BCUT2D eigenvalue weighted by molar-refractivity contribution is 5.74. The minimum Gasteiger partial charge on any atom is -0.349 e. The van der Waals surface area contributed by atoms with Gasteiger partial charge in [0.05, 0.1) is 0 Å². The second-order valence-corrected chi connectivity index (χ2v) is 3.72. The van der Waals surface area contributed by atoms with Gasteiger partial charge in [-0.2, -0.15) is 0 Å². The molecule has 1 aromatic carbocycles. The summed E-state index contributed by atoms with van der Waals surface area (Å²) >= 11 is 0. The van der Waals surface area contributed by atoms with Gasteiger partial charge in [0.25, 0.3) is 0 Å². The Morgan fingerprint density at radius 1 is 1.20 bits per heavy atom. The maximum Gasteiger partial charge on any atom is 0.151 e. The van der Waals surface area contributed by atoms with Crippen molar-refractivity contribution < 1.29 is 4.79 Å². The van der Waals surface area contributed by atoms with Crippen LogP contribution in [-0.2, 0) is 6.54 Å². The fourth-order valence-corrected chi connectivity index (χ4v) is 1.53. The fourth-order valence-electron chi connectivity index (χ4n) is 1.53. The van der Waals surface area contributed by atoms with Gasteiger partial charge in [0.1, 0.15) is 0 Å². The quantitative estimate of drug-likeness (QED) is 0.696. The molecule has 0 aliphatic rings. The number of aldehydes is 1. The van der Waals surface area contributed by atoms with Gasteiger partial charge in [-0.3, -0.25) is 4.79 Å². The number of aryl methyl sites for hydroxylation is 1. The molecule has 0 aliphatic heterocycles. The van der Waals surface area contributed by atoms with Crippen LogP contribution in [0.25, 0.3) is 0 Å². The van der Waals surface area contributed by atoms with E-state index in [1.54, 1.807) is 0 Å². The predicted octanol–water partition coefficient (Wildman–Crippen LogP) is 2.66. The molecule has 0 spiro atoms. The Bertz CT molecular complexity index is 454. The Kier molecular flexibility index (Phi) is 2.68. The van der Waals surface area contributed by atoms with E-state index in [9.17, 15) is 4.79 Å². The first kappa shape index (κ1) is 9.71. The van der Waals surface area contributed by atoms with Crippen molar-refractivity contribution in [3.8, 4) is 0 Å². The molecule has 1 aromatic heterocycles. The van der Waals surface area contributed by atoms with Gasteiger partial charge < -0.3 is 4.57 Å². The molecule has 0 N–H and O–H groups in total. The number of benzene rings is 1. The van der Waals surface area contributed by atoms with Crippen molar-refractivity contribution in [2.75, 3.05) is 0 Å². The summed E-state index contributed by atoms with van der Waals surface area (Å²) < 4.78 is 2.01. The molecule has 0 aliphatic carbocycles. The number of carbonyl (C=O) groups is 1. The predicted molar refractivity (Wildman–Crippen MR) is 60.1 cm³/mol. The first-order valence-electron chi connectivity index (χ1n) is 4.94. The van der Waals surface area contributed by atoms with Crippen molar-refractivity contribution in [3.05, 3.63) is 59.4 Å². The molecule has 15 heavy (non-hydrogen) atoms. The zero-order chi connectivity index (χ0) is 10.7. The van der Waals surface area contributed by atoms with Gasteiger partial charge in [-0.25, -0.2) is 0 Å². The van der Waals surface area contributed by atoms with Crippen molar-refractivity contribution in [2.45, 2.75) is 13.5 Å². The first-order chi connectivity index (χ1) is 7.28. The Balaban J connectivity index is 2.14. The van der Waals surface area contributed by atoms with Gasteiger partial charge in [-0.15, -0.1) is 0 Å². The van der Waals surface area contributed by atoms with Crippen LogP contribution in [0.5, 0.6) is 0 Å². The third-order valence-electron chi connectivity index (χ3n) is 2.40. The van der Waals surface area contributed by atoms with E-state index in [1.807, 2.05) is 23.0 Å². The van der Waals surface area contributed by atoms with Crippen LogP contribution in [-0.4, -0.2) is 10.9 Å². The fraction of sp³-hybridized carbons (Fsp3) is 0.154. The molecule has 2 aromatic rings. The molecule has 76 valence electrons. The van der Waals surface area contributed by atoms with Crippen LogP contribution in [0, 0.1) is 6.92 Å². The molecule has 0 atom stereocenters. The van der Waals surface area contributed by atoms with Crippen molar-refractivity contribution >= 4 is 6.29 Å². The molecule has 1 heterocycles. The maximum absolute atomic E-state index is 10.5. The van der Waals surface area contributed by atoms with Crippen molar-refractivity contribution in [2.24, 2.45) is 0 Å². The third kappa shape index (κ3) is 2.34. The SMILES string of the molecule is Cc1ccc(Cn2ccc(C=O)c2)cc1. The molecule has 2 heteroatoms. The number of carbonyl (C=O) groups excluding carboxylic acids is 1. The Hall–Kier alpha value is -1.83. The average Bonchev–Trinajstić information content (AvgIpc) is 2.69. The monoisotopic (exact) mass is 199 g/mol. The van der Waals surface area contributed by atoms with Crippen LogP contribution < -0.4 is 0 Å². The summed E-state index contributed by atoms with van der Waals surface area (Å²) in [4.78, 5) is 10.5. The Morgan fingerprint density at radius 3 is 2.53 bits per heavy atom. The lowest BCUT2D eigenvalue weighted by molar-refractivity contribution is 0.112. The lowest BCUT2D eigenvalue weighted by atomic mass is 10.1. The highest BCUT2D eigenvalue weighted by Gasteiger charge is 1.96. The highest BCUT2D eigenvalue weighted by Crippen LogP contribution is 2.07. The molecular weight excluding hydrogens is 186 g/mol.